The van der Waals surface area contributed by atoms with Gasteiger partial charge in [-0.3, -0.25) is 4.79 Å². The zero-order valence-electron chi connectivity index (χ0n) is 17.7. The number of fused-ring (bicyclic) bond motifs is 1. The number of para-hydroxylation sites is 1. The molecule has 1 amide bonds. The number of carbonyl (C=O) groups is 1. The first-order valence-corrected chi connectivity index (χ1v) is 11.8. The Balaban J connectivity index is 1.65. The summed E-state index contributed by atoms with van der Waals surface area (Å²) >= 11 is 0. The van der Waals surface area contributed by atoms with Crippen molar-refractivity contribution in [2.24, 2.45) is 0 Å². The zero-order valence-corrected chi connectivity index (χ0v) is 18.5. The Labute approximate surface area is 182 Å². The highest BCUT2D eigenvalue weighted by atomic mass is 32.2. The normalized spacial score (nSPS) is 15.3. The smallest absolute Gasteiger partial charge is 0.255 e. The van der Waals surface area contributed by atoms with Gasteiger partial charge in [0.05, 0.1) is 23.7 Å². The van der Waals surface area contributed by atoms with Crippen LogP contribution in [0.2, 0.25) is 0 Å². The summed E-state index contributed by atoms with van der Waals surface area (Å²) in [6, 6.07) is 14.1. The fourth-order valence-electron chi connectivity index (χ4n) is 3.92. The number of nitrogens with zero attached hydrogens (tertiary/aromatic N) is 2. The van der Waals surface area contributed by atoms with Crippen molar-refractivity contribution in [3.63, 3.8) is 0 Å². The first kappa shape index (κ1) is 21.5. The van der Waals surface area contributed by atoms with Crippen molar-refractivity contribution in [2.75, 3.05) is 33.4 Å². The van der Waals surface area contributed by atoms with Crippen LogP contribution >= 0.6 is 0 Å². The average molecular weight is 443 g/mol. The molecular formula is C23H26N2O5S. The molecule has 2 aromatic carbocycles. The minimum atomic E-state index is -3.79. The van der Waals surface area contributed by atoms with Crippen LogP contribution in [0.15, 0.2) is 57.8 Å². The first-order valence-electron chi connectivity index (χ1n) is 10.3. The predicted molar refractivity (Wildman–Crippen MR) is 117 cm³/mol. The quantitative estimate of drug-likeness (QED) is 0.585. The van der Waals surface area contributed by atoms with Crippen molar-refractivity contribution in [1.82, 2.24) is 9.21 Å². The molecule has 0 spiro atoms. The predicted octanol–water partition coefficient (Wildman–Crippen LogP) is 3.29. The number of furan rings is 1. The number of sulfonamides is 1. The highest BCUT2D eigenvalue weighted by molar-refractivity contribution is 7.89. The monoisotopic (exact) mass is 442 g/mol. The van der Waals surface area contributed by atoms with E-state index >= 15 is 0 Å². The first-order chi connectivity index (χ1) is 14.9. The van der Waals surface area contributed by atoms with Gasteiger partial charge >= 0.3 is 0 Å². The molecule has 164 valence electrons. The Morgan fingerprint density at radius 3 is 2.48 bits per heavy atom. The van der Waals surface area contributed by atoms with Crippen molar-refractivity contribution in [3.8, 4) is 0 Å². The van der Waals surface area contributed by atoms with Gasteiger partial charge in [-0.25, -0.2) is 8.42 Å². The third kappa shape index (κ3) is 4.11. The molecular weight excluding hydrogens is 416 g/mol. The molecule has 0 radical (unpaired) electrons. The van der Waals surface area contributed by atoms with Gasteiger partial charge in [-0.15, -0.1) is 0 Å². The minimum Gasteiger partial charge on any atom is -0.461 e. The largest absolute Gasteiger partial charge is 0.461 e. The molecule has 0 aliphatic carbocycles. The summed E-state index contributed by atoms with van der Waals surface area (Å²) in [6.07, 6.45) is 0.702. The van der Waals surface area contributed by atoms with E-state index in [0.717, 1.165) is 22.3 Å². The van der Waals surface area contributed by atoms with E-state index in [-0.39, 0.29) is 29.5 Å². The van der Waals surface area contributed by atoms with Gasteiger partial charge in [-0.1, -0.05) is 37.3 Å². The highest BCUT2D eigenvalue weighted by Gasteiger charge is 2.31. The molecule has 2 heterocycles. The molecule has 0 saturated carbocycles. The fourth-order valence-corrected chi connectivity index (χ4v) is 5.51. The maximum atomic E-state index is 13.3. The molecule has 1 aromatic heterocycles. The molecule has 0 N–H and O–H groups in total. The number of morpholine rings is 1. The SMILES string of the molecule is CCc1oc2ccccc2c1CN(C)C(=O)c1ccccc1S(=O)(=O)N1CCOCC1. The standard InChI is InChI=1S/C23H26N2O5S/c1-3-20-19(17-8-4-6-10-21(17)30-20)16-24(2)23(26)18-9-5-7-11-22(18)31(27,28)25-12-14-29-15-13-25/h4-11H,3,12-16H2,1-2H3. The van der Waals surface area contributed by atoms with Crippen LogP contribution in [0.25, 0.3) is 11.0 Å². The van der Waals surface area contributed by atoms with Crippen molar-refractivity contribution in [3.05, 3.63) is 65.4 Å². The van der Waals surface area contributed by atoms with E-state index < -0.39 is 10.0 Å². The number of rotatable bonds is 6. The Hall–Kier alpha value is -2.68. The van der Waals surface area contributed by atoms with Gasteiger partial charge < -0.3 is 14.1 Å². The lowest BCUT2D eigenvalue weighted by molar-refractivity contribution is 0.0727. The van der Waals surface area contributed by atoms with Crippen LogP contribution in [0.3, 0.4) is 0 Å². The molecule has 7 nitrogen and oxygen atoms in total. The second-order valence-corrected chi connectivity index (χ2v) is 9.43. The number of ether oxygens (including phenoxy) is 1. The molecule has 1 aliphatic heterocycles. The lowest BCUT2D eigenvalue weighted by atomic mass is 10.1. The third-order valence-corrected chi connectivity index (χ3v) is 7.51. The Kier molecular flexibility index (Phi) is 6.13. The fraction of sp³-hybridized carbons (Fsp3) is 0.348. The summed E-state index contributed by atoms with van der Waals surface area (Å²) in [5, 5.41) is 0.966. The second-order valence-electron chi connectivity index (χ2n) is 7.53. The number of aryl methyl sites for hydroxylation is 1. The van der Waals surface area contributed by atoms with Gasteiger partial charge in [0.1, 0.15) is 11.3 Å². The molecule has 3 aromatic rings. The summed E-state index contributed by atoms with van der Waals surface area (Å²) in [5.74, 6) is 0.481. The average Bonchev–Trinajstić information content (AvgIpc) is 3.16. The van der Waals surface area contributed by atoms with E-state index in [2.05, 4.69) is 0 Å². The lowest BCUT2D eigenvalue weighted by Crippen LogP contribution is -2.41. The summed E-state index contributed by atoms with van der Waals surface area (Å²) in [7, 11) is -2.11. The van der Waals surface area contributed by atoms with E-state index in [4.69, 9.17) is 9.15 Å². The molecule has 1 fully saturated rings. The van der Waals surface area contributed by atoms with E-state index in [1.807, 2.05) is 31.2 Å². The Bertz CT molecular complexity index is 1200. The maximum absolute atomic E-state index is 13.3. The summed E-state index contributed by atoms with van der Waals surface area (Å²) < 4.78 is 39.0. The van der Waals surface area contributed by atoms with Gasteiger partial charge in [-0.05, 0) is 18.2 Å². The number of carbonyl (C=O) groups excluding carboxylic acids is 1. The molecule has 1 saturated heterocycles. The van der Waals surface area contributed by atoms with Crippen LogP contribution in [0.4, 0.5) is 0 Å². The summed E-state index contributed by atoms with van der Waals surface area (Å²) in [6.45, 7) is 3.59. The van der Waals surface area contributed by atoms with Gasteiger partial charge in [0.15, 0.2) is 0 Å². The molecule has 8 heteroatoms. The van der Waals surface area contributed by atoms with Crippen molar-refractivity contribution in [2.45, 2.75) is 24.8 Å². The van der Waals surface area contributed by atoms with Gasteiger partial charge in [-0.2, -0.15) is 4.31 Å². The number of amides is 1. The van der Waals surface area contributed by atoms with E-state index in [1.165, 1.54) is 10.4 Å². The second kappa shape index (κ2) is 8.82. The third-order valence-electron chi connectivity index (χ3n) is 5.55. The number of benzene rings is 2. The van der Waals surface area contributed by atoms with Crippen molar-refractivity contribution in [1.29, 1.82) is 0 Å². The van der Waals surface area contributed by atoms with E-state index in [9.17, 15) is 13.2 Å². The van der Waals surface area contributed by atoms with Crippen molar-refractivity contribution >= 4 is 26.9 Å². The van der Waals surface area contributed by atoms with Crippen molar-refractivity contribution < 1.29 is 22.4 Å². The maximum Gasteiger partial charge on any atom is 0.255 e. The molecule has 31 heavy (non-hydrogen) atoms. The zero-order chi connectivity index (χ0) is 22.0. The van der Waals surface area contributed by atoms with Crippen LogP contribution in [0.5, 0.6) is 0 Å². The van der Waals surface area contributed by atoms with E-state index in [1.54, 1.807) is 30.1 Å². The van der Waals surface area contributed by atoms with Crippen LogP contribution in [0.1, 0.15) is 28.6 Å². The molecule has 1 aliphatic rings. The topological polar surface area (TPSA) is 80.1 Å². The van der Waals surface area contributed by atoms with Gasteiger partial charge in [0.2, 0.25) is 10.0 Å². The summed E-state index contributed by atoms with van der Waals surface area (Å²) in [4.78, 5) is 14.9. The lowest BCUT2D eigenvalue weighted by Gasteiger charge is -2.27. The minimum absolute atomic E-state index is 0.0292. The highest BCUT2D eigenvalue weighted by Crippen LogP contribution is 2.28. The number of hydrogen-bond acceptors (Lipinski definition) is 5. The number of hydrogen-bond donors (Lipinski definition) is 0. The van der Waals surface area contributed by atoms with Crippen LogP contribution in [-0.2, 0) is 27.7 Å². The Morgan fingerprint density at radius 1 is 1.06 bits per heavy atom. The molecule has 4 rings (SSSR count). The van der Waals surface area contributed by atoms with Crippen LogP contribution < -0.4 is 0 Å². The van der Waals surface area contributed by atoms with Crippen LogP contribution in [-0.4, -0.2) is 56.9 Å². The Morgan fingerprint density at radius 2 is 1.74 bits per heavy atom. The summed E-state index contributed by atoms with van der Waals surface area (Å²) in [5.41, 5.74) is 1.90. The van der Waals surface area contributed by atoms with Crippen LogP contribution in [0, 0.1) is 0 Å². The molecule has 0 atom stereocenters. The van der Waals surface area contributed by atoms with Gasteiger partial charge in [0.25, 0.3) is 5.91 Å². The van der Waals surface area contributed by atoms with E-state index in [0.29, 0.717) is 26.2 Å². The molecule has 0 unspecified atom stereocenters. The molecule has 0 bridgehead atoms. The van der Waals surface area contributed by atoms with Gasteiger partial charge in [0, 0.05) is 44.1 Å².